The van der Waals surface area contributed by atoms with Crippen LogP contribution >= 0.6 is 0 Å². The van der Waals surface area contributed by atoms with Crippen molar-refractivity contribution in [2.75, 3.05) is 0 Å². The second-order valence-corrected chi connectivity index (χ2v) is 20.5. The van der Waals surface area contributed by atoms with Gasteiger partial charge in [0.25, 0.3) is 0 Å². The van der Waals surface area contributed by atoms with Crippen molar-refractivity contribution in [2.45, 2.75) is 12.3 Å². The van der Waals surface area contributed by atoms with E-state index < -0.39 is 0 Å². The summed E-state index contributed by atoms with van der Waals surface area (Å²) in [5, 5.41) is 8.83. The lowest BCUT2D eigenvalue weighted by atomic mass is 9.86. The third-order valence-electron chi connectivity index (χ3n) is 16.3. The lowest BCUT2D eigenvalue weighted by Crippen LogP contribution is -2.07. The van der Waals surface area contributed by atoms with Gasteiger partial charge in [0.2, 0.25) is 0 Å². The maximum absolute atomic E-state index is 2.50. The monoisotopic (exact) mass is 968 g/mol. The molecule has 0 spiro atoms. The number of fused-ring (bicyclic) bond motifs is 12. The van der Waals surface area contributed by atoms with E-state index in [4.69, 9.17) is 0 Å². The molecule has 4 nitrogen and oxygen atoms in total. The van der Waals surface area contributed by atoms with Crippen LogP contribution in [0, 0.1) is 0 Å². The number of nitrogens with zero attached hydrogens (tertiary/aromatic N) is 4. The van der Waals surface area contributed by atoms with Crippen LogP contribution in [0.25, 0.3) is 127 Å². The van der Waals surface area contributed by atoms with Crippen LogP contribution in [0.5, 0.6) is 0 Å². The molecule has 11 aromatic carbocycles. The molecule has 1 unspecified atom stereocenters. The van der Waals surface area contributed by atoms with Gasteiger partial charge in [0.1, 0.15) is 0 Å². The molecule has 0 amide bonds. The van der Waals surface area contributed by atoms with Crippen LogP contribution in [0.1, 0.15) is 22.7 Å². The summed E-state index contributed by atoms with van der Waals surface area (Å²) in [4.78, 5) is 0. The predicted molar refractivity (Wildman–Crippen MR) is 319 cm³/mol. The fraction of sp³-hybridized carbons (Fsp3) is 0.0278. The largest absolute Gasteiger partial charge is 0.310 e. The minimum absolute atomic E-state index is 0.302. The zero-order chi connectivity index (χ0) is 49.8. The summed E-state index contributed by atoms with van der Waals surface area (Å²) in [7, 11) is 0. The standard InChI is InChI=1S/C72H48N4/c1-5-17-47(18-6-1)51-33-39-67-59(41-51)63-43-61-57-25-13-15-27-65(57)73(53-21-9-3-10-22-53)69(61)45-71(63)75(67)55-35-29-49(30-36-55)50-31-37-56(38-32-50)76-68-40-34-52(48-19-7-2-8-20-48)42-60(68)64-44-62-58-26-14-16-28-66(58)74(70(62)46-72(64)76)54-23-11-4-12-24-54/h1-41,43-46,52H,42H2. The van der Waals surface area contributed by atoms with Crippen LogP contribution in [0.3, 0.4) is 0 Å². The molecule has 15 aromatic rings. The lowest BCUT2D eigenvalue weighted by molar-refractivity contribution is 0.825. The third kappa shape index (κ3) is 6.50. The summed E-state index contributed by atoms with van der Waals surface area (Å²) in [6.45, 7) is 0. The molecule has 1 atom stereocenters. The van der Waals surface area contributed by atoms with Gasteiger partial charge in [-0.2, -0.15) is 0 Å². The van der Waals surface area contributed by atoms with Crippen LogP contribution < -0.4 is 0 Å². The van der Waals surface area contributed by atoms with Crippen LogP contribution in [0.2, 0.25) is 0 Å². The number of hydrogen-bond acceptors (Lipinski definition) is 0. The highest BCUT2D eigenvalue weighted by Gasteiger charge is 2.26. The highest BCUT2D eigenvalue weighted by Crippen LogP contribution is 2.44. The average molecular weight is 969 g/mol. The van der Waals surface area contributed by atoms with E-state index in [0.29, 0.717) is 5.92 Å². The van der Waals surface area contributed by atoms with E-state index in [1.54, 1.807) is 0 Å². The predicted octanol–water partition coefficient (Wildman–Crippen LogP) is 18.6. The Kier molecular flexibility index (Phi) is 9.43. The Morgan fingerprint density at radius 2 is 0.658 bits per heavy atom. The van der Waals surface area contributed by atoms with Crippen LogP contribution in [-0.2, 0) is 6.42 Å². The Morgan fingerprint density at radius 1 is 0.263 bits per heavy atom. The first-order valence-corrected chi connectivity index (χ1v) is 26.4. The zero-order valence-electron chi connectivity index (χ0n) is 41.6. The Bertz CT molecular complexity index is 4780. The van der Waals surface area contributed by atoms with E-state index >= 15 is 0 Å². The molecule has 0 N–H and O–H groups in total. The number of allylic oxidation sites excluding steroid dienone is 1. The van der Waals surface area contributed by atoms with Crippen molar-refractivity contribution in [3.8, 4) is 45.0 Å². The van der Waals surface area contributed by atoms with Crippen molar-refractivity contribution in [2.24, 2.45) is 0 Å². The summed E-state index contributed by atoms with van der Waals surface area (Å²) >= 11 is 0. The molecule has 1 aliphatic rings. The quantitative estimate of drug-likeness (QED) is 0.152. The van der Waals surface area contributed by atoms with Crippen LogP contribution in [0.4, 0.5) is 0 Å². The molecule has 4 aromatic heterocycles. The summed E-state index contributed by atoms with van der Waals surface area (Å²) < 4.78 is 9.82. The average Bonchev–Trinajstić information content (AvgIpc) is 4.31. The molecule has 0 saturated carbocycles. The molecule has 0 aliphatic heterocycles. The van der Waals surface area contributed by atoms with Gasteiger partial charge in [-0.15, -0.1) is 0 Å². The first kappa shape index (κ1) is 42.6. The molecule has 1 aliphatic carbocycles. The Hall–Kier alpha value is -9.90. The fourth-order valence-corrected chi connectivity index (χ4v) is 12.8. The highest BCUT2D eigenvalue weighted by atomic mass is 15.0. The SMILES string of the molecule is C1=CC(c2ccccc2)Cc2c1n(-c1ccc(-c3ccc(-n4c5ccc(-c6ccccc6)cc5c5cc6c7ccccc7n(-c7ccccc7)c6cc54)cc3)cc1)c1cc3c(cc21)c1ccccc1n3-c1ccccc1. The van der Waals surface area contributed by atoms with E-state index in [0.717, 1.165) is 29.2 Å². The highest BCUT2D eigenvalue weighted by molar-refractivity contribution is 6.20. The maximum Gasteiger partial charge on any atom is 0.0562 e. The second-order valence-electron chi connectivity index (χ2n) is 20.5. The zero-order valence-corrected chi connectivity index (χ0v) is 41.6. The van der Waals surface area contributed by atoms with Crippen molar-refractivity contribution in [3.63, 3.8) is 0 Å². The van der Waals surface area contributed by atoms with Gasteiger partial charge >= 0.3 is 0 Å². The van der Waals surface area contributed by atoms with Gasteiger partial charge in [0.15, 0.2) is 0 Å². The van der Waals surface area contributed by atoms with Crippen LogP contribution in [0.15, 0.2) is 267 Å². The number of para-hydroxylation sites is 4. The summed E-state index contributed by atoms with van der Waals surface area (Å²) in [6.07, 6.45) is 5.72. The molecule has 4 heteroatoms. The van der Waals surface area contributed by atoms with Crippen molar-refractivity contribution in [1.29, 1.82) is 0 Å². The smallest absolute Gasteiger partial charge is 0.0562 e. The molecule has 16 rings (SSSR count). The van der Waals surface area contributed by atoms with E-state index in [2.05, 4.69) is 291 Å². The van der Waals surface area contributed by atoms with Crippen molar-refractivity contribution in [1.82, 2.24) is 18.3 Å². The first-order valence-electron chi connectivity index (χ1n) is 26.4. The summed E-state index contributed by atoms with van der Waals surface area (Å²) in [5.74, 6) is 0.302. The molecule has 4 heterocycles. The van der Waals surface area contributed by atoms with E-state index in [-0.39, 0.29) is 0 Å². The molecular formula is C72H48N4. The van der Waals surface area contributed by atoms with Gasteiger partial charge in [-0.25, -0.2) is 0 Å². The minimum atomic E-state index is 0.302. The van der Waals surface area contributed by atoms with Crippen molar-refractivity contribution >= 4 is 82.4 Å². The van der Waals surface area contributed by atoms with Gasteiger partial charge in [-0.3, -0.25) is 0 Å². The fourth-order valence-electron chi connectivity index (χ4n) is 12.8. The van der Waals surface area contributed by atoms with E-state index in [9.17, 15) is 0 Å². The molecular weight excluding hydrogens is 921 g/mol. The van der Waals surface area contributed by atoms with Gasteiger partial charge in [0, 0.05) is 72.1 Å². The van der Waals surface area contributed by atoms with Gasteiger partial charge < -0.3 is 18.3 Å². The molecule has 76 heavy (non-hydrogen) atoms. The maximum atomic E-state index is 2.50. The number of benzene rings is 11. The van der Waals surface area contributed by atoms with E-state index in [1.807, 2.05) is 0 Å². The molecule has 0 radical (unpaired) electrons. The molecule has 0 saturated heterocycles. The Labute approximate surface area is 439 Å². The second kappa shape index (κ2) is 16.8. The topological polar surface area (TPSA) is 19.7 Å². The van der Waals surface area contributed by atoms with Gasteiger partial charge in [0.05, 0.1) is 38.6 Å². The van der Waals surface area contributed by atoms with Crippen LogP contribution in [-0.4, -0.2) is 18.3 Å². The number of aromatic nitrogens is 4. The van der Waals surface area contributed by atoms with Crippen molar-refractivity contribution < 1.29 is 0 Å². The first-order chi connectivity index (χ1) is 37.7. The van der Waals surface area contributed by atoms with Gasteiger partial charge in [-0.05, 0) is 143 Å². The van der Waals surface area contributed by atoms with Crippen molar-refractivity contribution in [3.05, 3.63) is 284 Å². The third-order valence-corrected chi connectivity index (χ3v) is 16.3. The minimum Gasteiger partial charge on any atom is -0.310 e. The van der Waals surface area contributed by atoms with Gasteiger partial charge in [-0.1, -0.05) is 170 Å². The number of rotatable bonds is 7. The van der Waals surface area contributed by atoms with E-state index in [1.165, 1.54) is 115 Å². The normalized spacial score (nSPS) is 13.6. The molecule has 0 bridgehead atoms. The molecule has 356 valence electrons. The molecule has 0 fully saturated rings. The Balaban J connectivity index is 0.833. The summed E-state index contributed by atoms with van der Waals surface area (Å²) in [6, 6.07) is 96.1. The number of hydrogen-bond donors (Lipinski definition) is 0. The Morgan fingerprint density at radius 3 is 1.22 bits per heavy atom. The summed E-state index contributed by atoms with van der Waals surface area (Å²) in [5.41, 5.74) is 21.8. The lowest BCUT2D eigenvalue weighted by Gasteiger charge is -2.19.